The zero-order valence-corrected chi connectivity index (χ0v) is 13.6. The molecule has 1 aliphatic rings. The van der Waals surface area contributed by atoms with E-state index in [-0.39, 0.29) is 6.10 Å². The maximum atomic E-state index is 5.78. The highest BCUT2D eigenvalue weighted by Crippen LogP contribution is 2.35. The SMILES string of the molecule is COc1cc(-c2n[nH]c3c2CN(C)CC3)ccc1OC(C)C. The molecule has 0 unspecified atom stereocenters. The van der Waals surface area contributed by atoms with Crippen LogP contribution >= 0.6 is 0 Å². The predicted molar refractivity (Wildman–Crippen MR) is 86.4 cm³/mol. The van der Waals surface area contributed by atoms with Crippen molar-refractivity contribution in [2.45, 2.75) is 32.9 Å². The number of nitrogens with zero attached hydrogens (tertiary/aromatic N) is 2. The van der Waals surface area contributed by atoms with Gasteiger partial charge >= 0.3 is 0 Å². The minimum absolute atomic E-state index is 0.117. The van der Waals surface area contributed by atoms with Crippen LogP contribution in [0, 0.1) is 0 Å². The first-order chi connectivity index (χ1) is 10.6. The Labute approximate surface area is 131 Å². The molecule has 0 aliphatic carbocycles. The Morgan fingerprint density at radius 1 is 1.27 bits per heavy atom. The van der Waals surface area contributed by atoms with Gasteiger partial charge in [-0.25, -0.2) is 0 Å². The van der Waals surface area contributed by atoms with Gasteiger partial charge in [-0.1, -0.05) is 0 Å². The van der Waals surface area contributed by atoms with Gasteiger partial charge in [-0.2, -0.15) is 5.10 Å². The highest BCUT2D eigenvalue weighted by atomic mass is 16.5. The van der Waals surface area contributed by atoms with Crippen LogP contribution in [0.3, 0.4) is 0 Å². The number of hydrogen-bond acceptors (Lipinski definition) is 4. The van der Waals surface area contributed by atoms with Crippen molar-refractivity contribution in [1.29, 1.82) is 0 Å². The Hall–Kier alpha value is -2.01. The first-order valence-corrected chi connectivity index (χ1v) is 7.68. The molecule has 2 heterocycles. The van der Waals surface area contributed by atoms with Crippen LogP contribution in [0.25, 0.3) is 11.3 Å². The standard InChI is InChI=1S/C17H23N3O2/c1-11(2)22-15-6-5-12(9-16(15)21-4)17-13-10-20(3)8-7-14(13)18-19-17/h5-6,9,11H,7-8,10H2,1-4H3,(H,18,19). The number of aromatic amines is 1. The van der Waals surface area contributed by atoms with E-state index in [2.05, 4.69) is 22.1 Å². The highest BCUT2D eigenvalue weighted by Gasteiger charge is 2.21. The van der Waals surface area contributed by atoms with Gasteiger partial charge in [0, 0.05) is 36.3 Å². The Balaban J connectivity index is 1.97. The van der Waals surface area contributed by atoms with Crippen molar-refractivity contribution < 1.29 is 9.47 Å². The van der Waals surface area contributed by atoms with Crippen molar-refractivity contribution in [1.82, 2.24) is 15.1 Å². The van der Waals surface area contributed by atoms with Gasteiger partial charge in [-0.3, -0.25) is 5.10 Å². The molecular formula is C17H23N3O2. The number of likely N-dealkylation sites (N-methyl/N-ethyl adjacent to an activating group) is 1. The average molecular weight is 301 g/mol. The van der Waals surface area contributed by atoms with Crippen molar-refractivity contribution >= 4 is 0 Å². The van der Waals surface area contributed by atoms with Crippen molar-refractivity contribution in [3.63, 3.8) is 0 Å². The van der Waals surface area contributed by atoms with Gasteiger partial charge < -0.3 is 14.4 Å². The summed E-state index contributed by atoms with van der Waals surface area (Å²) in [6, 6.07) is 6.01. The van der Waals surface area contributed by atoms with Crippen LogP contribution in [0.1, 0.15) is 25.1 Å². The zero-order valence-electron chi connectivity index (χ0n) is 13.6. The van der Waals surface area contributed by atoms with Crippen molar-refractivity contribution in [2.75, 3.05) is 20.7 Å². The van der Waals surface area contributed by atoms with Crippen LogP contribution < -0.4 is 9.47 Å². The third-order valence-corrected chi connectivity index (χ3v) is 3.92. The Morgan fingerprint density at radius 3 is 2.82 bits per heavy atom. The van der Waals surface area contributed by atoms with Gasteiger partial charge in [0.05, 0.1) is 18.9 Å². The second-order valence-electron chi connectivity index (χ2n) is 6.05. The molecule has 0 radical (unpaired) electrons. The normalized spacial score (nSPS) is 15.0. The van der Waals surface area contributed by atoms with E-state index in [1.54, 1.807) is 7.11 Å². The molecule has 0 bridgehead atoms. The number of rotatable bonds is 4. The van der Waals surface area contributed by atoms with Crippen LogP contribution in [-0.2, 0) is 13.0 Å². The molecule has 5 heteroatoms. The van der Waals surface area contributed by atoms with Gasteiger partial charge in [0.2, 0.25) is 0 Å². The fraction of sp³-hybridized carbons (Fsp3) is 0.471. The first-order valence-electron chi connectivity index (χ1n) is 7.68. The average Bonchev–Trinajstić information content (AvgIpc) is 2.90. The minimum atomic E-state index is 0.117. The van der Waals surface area contributed by atoms with E-state index in [4.69, 9.17) is 9.47 Å². The topological polar surface area (TPSA) is 50.4 Å². The van der Waals surface area contributed by atoms with E-state index >= 15 is 0 Å². The molecule has 0 spiro atoms. The van der Waals surface area contributed by atoms with E-state index in [9.17, 15) is 0 Å². The maximum absolute atomic E-state index is 5.78. The lowest BCUT2D eigenvalue weighted by Gasteiger charge is -2.22. The lowest BCUT2D eigenvalue weighted by molar-refractivity contribution is 0.230. The lowest BCUT2D eigenvalue weighted by Crippen LogP contribution is -2.26. The fourth-order valence-corrected chi connectivity index (χ4v) is 2.83. The zero-order chi connectivity index (χ0) is 15.7. The second kappa shape index (κ2) is 6.01. The summed E-state index contributed by atoms with van der Waals surface area (Å²) in [7, 11) is 3.81. The van der Waals surface area contributed by atoms with Gasteiger partial charge in [-0.05, 0) is 39.1 Å². The molecule has 1 N–H and O–H groups in total. The number of nitrogens with one attached hydrogen (secondary N) is 1. The van der Waals surface area contributed by atoms with E-state index in [0.29, 0.717) is 0 Å². The number of H-pyrrole nitrogens is 1. The van der Waals surface area contributed by atoms with E-state index in [0.717, 1.165) is 42.3 Å². The Morgan fingerprint density at radius 2 is 2.09 bits per heavy atom. The molecule has 1 aliphatic heterocycles. The van der Waals surface area contributed by atoms with Crippen molar-refractivity contribution in [2.24, 2.45) is 0 Å². The van der Waals surface area contributed by atoms with Crippen molar-refractivity contribution in [3.05, 3.63) is 29.5 Å². The molecule has 0 atom stereocenters. The quantitative estimate of drug-likeness (QED) is 0.943. The number of benzene rings is 1. The van der Waals surface area contributed by atoms with Crippen LogP contribution in [0.2, 0.25) is 0 Å². The summed E-state index contributed by atoms with van der Waals surface area (Å²) < 4.78 is 11.3. The number of ether oxygens (including phenoxy) is 2. The minimum Gasteiger partial charge on any atom is -0.493 e. The molecule has 5 nitrogen and oxygen atoms in total. The van der Waals surface area contributed by atoms with Gasteiger partial charge in [0.15, 0.2) is 11.5 Å². The molecule has 0 saturated heterocycles. The number of hydrogen-bond donors (Lipinski definition) is 1. The Bertz CT molecular complexity index is 664. The summed E-state index contributed by atoms with van der Waals surface area (Å²) in [5.41, 5.74) is 4.60. The van der Waals surface area contributed by atoms with E-state index < -0.39 is 0 Å². The van der Waals surface area contributed by atoms with E-state index in [1.165, 1.54) is 11.3 Å². The predicted octanol–water partition coefficient (Wildman–Crippen LogP) is 2.86. The van der Waals surface area contributed by atoms with Gasteiger partial charge in [0.1, 0.15) is 0 Å². The summed E-state index contributed by atoms with van der Waals surface area (Å²) in [4.78, 5) is 2.31. The summed E-state index contributed by atoms with van der Waals surface area (Å²) in [5.74, 6) is 1.51. The van der Waals surface area contributed by atoms with Crippen LogP contribution in [0.15, 0.2) is 18.2 Å². The smallest absolute Gasteiger partial charge is 0.161 e. The molecule has 22 heavy (non-hydrogen) atoms. The number of aromatic nitrogens is 2. The summed E-state index contributed by atoms with van der Waals surface area (Å²) >= 11 is 0. The van der Waals surface area contributed by atoms with Crippen LogP contribution in [0.5, 0.6) is 11.5 Å². The molecule has 0 fully saturated rings. The maximum Gasteiger partial charge on any atom is 0.161 e. The van der Waals surface area contributed by atoms with Crippen molar-refractivity contribution in [3.8, 4) is 22.8 Å². The number of methoxy groups -OCH3 is 1. The third kappa shape index (κ3) is 2.81. The molecule has 118 valence electrons. The first kappa shape index (κ1) is 14.9. The largest absolute Gasteiger partial charge is 0.493 e. The number of fused-ring (bicyclic) bond motifs is 1. The van der Waals surface area contributed by atoms with Gasteiger partial charge in [-0.15, -0.1) is 0 Å². The fourth-order valence-electron chi connectivity index (χ4n) is 2.83. The third-order valence-electron chi connectivity index (χ3n) is 3.92. The molecule has 1 aromatic heterocycles. The molecule has 0 saturated carbocycles. The molecule has 0 amide bonds. The van der Waals surface area contributed by atoms with E-state index in [1.807, 2.05) is 32.0 Å². The Kier molecular flexibility index (Phi) is 4.07. The molecule has 3 rings (SSSR count). The highest BCUT2D eigenvalue weighted by molar-refractivity contribution is 5.68. The monoisotopic (exact) mass is 301 g/mol. The lowest BCUT2D eigenvalue weighted by atomic mass is 10.0. The van der Waals surface area contributed by atoms with Crippen LogP contribution in [-0.4, -0.2) is 41.9 Å². The molecule has 1 aromatic carbocycles. The second-order valence-corrected chi connectivity index (χ2v) is 6.05. The summed E-state index contributed by atoms with van der Waals surface area (Å²) in [6.07, 6.45) is 1.14. The summed E-state index contributed by atoms with van der Waals surface area (Å²) in [6.45, 7) is 6.01. The van der Waals surface area contributed by atoms with Crippen LogP contribution in [0.4, 0.5) is 0 Å². The molecule has 2 aromatic rings. The molecular weight excluding hydrogens is 278 g/mol. The summed E-state index contributed by atoms with van der Waals surface area (Å²) in [5, 5.41) is 7.70. The van der Waals surface area contributed by atoms with Gasteiger partial charge in [0.25, 0.3) is 0 Å².